The molecule has 6 bridgehead atoms. The second kappa shape index (κ2) is 11.2. The molecule has 3 fully saturated rings. The predicted octanol–water partition coefficient (Wildman–Crippen LogP) is 5.51. The molecule has 0 spiro atoms. The highest BCUT2D eigenvalue weighted by molar-refractivity contribution is 5.92. The molecule has 3 saturated heterocycles. The van der Waals surface area contributed by atoms with Gasteiger partial charge in [0.2, 0.25) is 0 Å². The summed E-state index contributed by atoms with van der Waals surface area (Å²) in [6, 6.07) is 3.40. The third kappa shape index (κ3) is 5.06. The first-order valence-electron chi connectivity index (χ1n) is 15.5. The minimum absolute atomic E-state index is 0.0426. The van der Waals surface area contributed by atoms with Crippen LogP contribution in [0.1, 0.15) is 62.5 Å². The number of pyridine rings is 1. The summed E-state index contributed by atoms with van der Waals surface area (Å²) in [5.74, 6) is 0.0942. The van der Waals surface area contributed by atoms with E-state index in [1.54, 1.807) is 18.3 Å². The Bertz CT molecular complexity index is 1490. The maximum Gasteiger partial charge on any atom is 0.319 e. The van der Waals surface area contributed by atoms with Crippen LogP contribution in [0.5, 0.6) is 11.8 Å². The first kappa shape index (κ1) is 27.7. The number of rotatable bonds is 3. The van der Waals surface area contributed by atoms with Gasteiger partial charge in [0, 0.05) is 44.4 Å². The van der Waals surface area contributed by atoms with Gasteiger partial charge in [-0.1, -0.05) is 0 Å². The summed E-state index contributed by atoms with van der Waals surface area (Å²) in [4.78, 5) is 18.4. The van der Waals surface area contributed by atoms with Crippen molar-refractivity contribution in [3.8, 4) is 23.0 Å². The van der Waals surface area contributed by atoms with Crippen molar-refractivity contribution in [3.63, 3.8) is 0 Å². The van der Waals surface area contributed by atoms with Gasteiger partial charge < -0.3 is 19.5 Å². The van der Waals surface area contributed by atoms with Gasteiger partial charge in [0.05, 0.1) is 17.0 Å². The molecule has 1 aromatic carbocycles. The van der Waals surface area contributed by atoms with Gasteiger partial charge in [-0.3, -0.25) is 9.88 Å². The summed E-state index contributed by atoms with van der Waals surface area (Å²) in [5.41, 5.74) is 2.35. The van der Waals surface area contributed by atoms with Crippen LogP contribution in [0.4, 0.5) is 14.6 Å². The van der Waals surface area contributed by atoms with Crippen LogP contribution in [0.2, 0.25) is 0 Å². The molecule has 0 amide bonds. The monoisotopic (exact) mass is 579 g/mol. The number of fused-ring (bicyclic) bond motifs is 6. The van der Waals surface area contributed by atoms with Gasteiger partial charge in [0.1, 0.15) is 35.6 Å². The molecule has 3 aromatic rings. The molecule has 0 radical (unpaired) electrons. The molecule has 7 heterocycles. The van der Waals surface area contributed by atoms with Crippen molar-refractivity contribution in [1.82, 2.24) is 19.9 Å². The van der Waals surface area contributed by atoms with E-state index < -0.39 is 12.0 Å². The van der Waals surface area contributed by atoms with Gasteiger partial charge in [-0.2, -0.15) is 9.97 Å². The molecule has 1 N–H and O–H groups in total. The summed E-state index contributed by atoms with van der Waals surface area (Å²) >= 11 is 0. The lowest BCUT2D eigenvalue weighted by Crippen LogP contribution is -2.43. The number of hydrogen-bond donors (Lipinski definition) is 1. The summed E-state index contributed by atoms with van der Waals surface area (Å²) in [5, 5.41) is 11.0. The Morgan fingerprint density at radius 3 is 2.93 bits per heavy atom. The van der Waals surface area contributed by atoms with E-state index in [9.17, 15) is 9.50 Å². The van der Waals surface area contributed by atoms with Crippen LogP contribution < -0.4 is 9.64 Å². The average Bonchev–Trinajstić information content (AvgIpc) is 3.37. The van der Waals surface area contributed by atoms with E-state index in [1.807, 2.05) is 6.92 Å². The van der Waals surface area contributed by atoms with Crippen molar-refractivity contribution in [1.29, 1.82) is 0 Å². The largest absolute Gasteiger partial charge is 0.508 e. The molecule has 3 atom stereocenters. The van der Waals surface area contributed by atoms with E-state index in [0.717, 1.165) is 75.6 Å². The van der Waals surface area contributed by atoms with Gasteiger partial charge in [-0.05, 0) is 88.1 Å². The topological polar surface area (TPSA) is 83.8 Å². The number of benzene rings is 1. The fourth-order valence-electron chi connectivity index (χ4n) is 7.59. The van der Waals surface area contributed by atoms with E-state index >= 15 is 4.39 Å². The second-order valence-electron chi connectivity index (χ2n) is 12.6. The number of nitrogens with zero attached hydrogens (tertiary/aromatic N) is 5. The molecule has 5 aliphatic heterocycles. The molecule has 5 aliphatic rings. The van der Waals surface area contributed by atoms with Crippen molar-refractivity contribution in [3.05, 3.63) is 35.3 Å². The van der Waals surface area contributed by atoms with Crippen molar-refractivity contribution in [2.75, 3.05) is 44.3 Å². The number of hydrogen-bond acceptors (Lipinski definition) is 8. The number of anilines is 1. The molecule has 42 heavy (non-hydrogen) atoms. The minimum Gasteiger partial charge on any atom is -0.508 e. The second-order valence-corrected chi connectivity index (χ2v) is 12.6. The van der Waals surface area contributed by atoms with Crippen molar-refractivity contribution in [2.24, 2.45) is 0 Å². The summed E-state index contributed by atoms with van der Waals surface area (Å²) < 4.78 is 43.7. The Balaban J connectivity index is 1.36. The third-order valence-electron chi connectivity index (χ3n) is 9.69. The number of ether oxygens (including phenoxy) is 2. The summed E-state index contributed by atoms with van der Waals surface area (Å²) in [7, 11) is 0. The normalized spacial score (nSPS) is 26.6. The fourth-order valence-corrected chi connectivity index (χ4v) is 7.59. The number of halogens is 2. The Kier molecular flexibility index (Phi) is 7.38. The number of phenols is 1. The maximum absolute atomic E-state index is 16.6. The van der Waals surface area contributed by atoms with Crippen LogP contribution in [-0.2, 0) is 11.2 Å². The first-order chi connectivity index (χ1) is 20.4. The van der Waals surface area contributed by atoms with Crippen molar-refractivity contribution in [2.45, 2.75) is 82.5 Å². The van der Waals surface area contributed by atoms with Crippen molar-refractivity contribution >= 4 is 16.7 Å². The highest BCUT2D eigenvalue weighted by atomic mass is 19.1. The lowest BCUT2D eigenvalue weighted by Gasteiger charge is -2.31. The highest BCUT2D eigenvalue weighted by Crippen LogP contribution is 2.41. The smallest absolute Gasteiger partial charge is 0.319 e. The lowest BCUT2D eigenvalue weighted by molar-refractivity contribution is 0.0517. The molecule has 0 aliphatic carbocycles. The van der Waals surface area contributed by atoms with Crippen LogP contribution in [-0.4, -0.2) is 82.2 Å². The lowest BCUT2D eigenvalue weighted by atomic mass is 9.94. The molecular weight excluding hydrogens is 540 g/mol. The van der Waals surface area contributed by atoms with E-state index in [1.165, 1.54) is 0 Å². The highest BCUT2D eigenvalue weighted by Gasteiger charge is 2.49. The predicted molar refractivity (Wildman–Crippen MR) is 156 cm³/mol. The van der Waals surface area contributed by atoms with E-state index in [2.05, 4.69) is 19.8 Å². The SMILES string of the molecule is Cc1cc(O)cc2c1CCCCO[C@@H]1CCCCN(C1)c1nc(OC[C@@]34CCCN3C[C@H](F)C4)nc3c(F)c-2ncc13. The van der Waals surface area contributed by atoms with Crippen LogP contribution in [0.15, 0.2) is 18.3 Å². The maximum atomic E-state index is 16.6. The molecular formula is C32H39F2N5O3. The van der Waals surface area contributed by atoms with E-state index in [4.69, 9.17) is 14.5 Å². The van der Waals surface area contributed by atoms with Gasteiger partial charge in [-0.25, -0.2) is 8.78 Å². The van der Waals surface area contributed by atoms with Gasteiger partial charge in [0.25, 0.3) is 0 Å². The molecule has 0 saturated carbocycles. The third-order valence-corrected chi connectivity index (χ3v) is 9.69. The number of aromatic hydroxyl groups is 1. The fraction of sp³-hybridized carbons (Fsp3) is 0.594. The zero-order valence-corrected chi connectivity index (χ0v) is 24.2. The molecule has 8 rings (SSSR count). The number of aromatic nitrogens is 3. The van der Waals surface area contributed by atoms with Crippen LogP contribution in [0.25, 0.3) is 22.2 Å². The molecule has 8 nitrogen and oxygen atoms in total. The number of aryl methyl sites for hydroxylation is 1. The zero-order valence-electron chi connectivity index (χ0n) is 24.2. The zero-order chi connectivity index (χ0) is 28.8. The summed E-state index contributed by atoms with van der Waals surface area (Å²) in [6.45, 7) is 5.54. The van der Waals surface area contributed by atoms with Gasteiger partial charge >= 0.3 is 6.01 Å². The minimum atomic E-state index is -0.871. The van der Waals surface area contributed by atoms with Crippen molar-refractivity contribution < 1.29 is 23.4 Å². The average molecular weight is 580 g/mol. The Labute approximate surface area is 245 Å². The molecule has 10 heteroatoms. The Morgan fingerprint density at radius 1 is 1.12 bits per heavy atom. The molecule has 0 unspecified atom stereocenters. The summed E-state index contributed by atoms with van der Waals surface area (Å²) in [6.07, 6.45) is 8.58. The molecule has 2 aromatic heterocycles. The van der Waals surface area contributed by atoms with Crippen LogP contribution >= 0.6 is 0 Å². The Morgan fingerprint density at radius 2 is 2.02 bits per heavy atom. The van der Waals surface area contributed by atoms with Crippen LogP contribution in [0, 0.1) is 12.7 Å². The van der Waals surface area contributed by atoms with E-state index in [-0.39, 0.29) is 41.2 Å². The molecule has 224 valence electrons. The number of alkyl halides is 1. The van der Waals surface area contributed by atoms with Gasteiger partial charge in [0.15, 0.2) is 5.82 Å². The quantitative estimate of drug-likeness (QED) is 0.435. The van der Waals surface area contributed by atoms with Gasteiger partial charge in [-0.15, -0.1) is 0 Å². The standard InChI is InChI=1S/C32H39F2N5O3/c1-20-13-22(40)14-25-24(20)8-3-5-12-41-23-7-2-4-10-38(18-23)30-26-16-35-28(25)27(34)29(26)36-31(37-30)42-19-32-9-6-11-39(32)17-21(33)15-32/h13-14,16,21,23,40H,2-12,15,17-19H2,1H3/t21-,23-,32+/m1/s1. The van der Waals surface area contributed by atoms with Crippen LogP contribution in [0.3, 0.4) is 0 Å². The Hall–Kier alpha value is -3.11. The first-order valence-corrected chi connectivity index (χ1v) is 15.5. The van der Waals surface area contributed by atoms with E-state index in [0.29, 0.717) is 42.9 Å². The number of phenolic OH excluding ortho intramolecular Hbond substituents is 1.